The molecule has 0 radical (unpaired) electrons. The molecule has 10 heteroatoms. The summed E-state index contributed by atoms with van der Waals surface area (Å²) in [4.78, 5) is 10.6. The average molecular weight is 531 g/mol. The first-order valence-electron chi connectivity index (χ1n) is 8.86. The van der Waals surface area contributed by atoms with Crippen LogP contribution in [0.25, 0.3) is 0 Å². The van der Waals surface area contributed by atoms with Crippen molar-refractivity contribution in [1.29, 1.82) is 0 Å². The highest BCUT2D eigenvalue weighted by molar-refractivity contribution is 14.0. The Morgan fingerprint density at radius 2 is 2.00 bits per heavy atom. The number of thiophene rings is 1. The largest absolute Gasteiger partial charge is 0.351 e. The van der Waals surface area contributed by atoms with Crippen molar-refractivity contribution in [2.24, 2.45) is 12.0 Å². The molecular weight excluding hydrogens is 505 g/mol. The average Bonchev–Trinajstić information content (AvgIpc) is 3.38. The summed E-state index contributed by atoms with van der Waals surface area (Å²) in [5.74, 6) is 2.90. The van der Waals surface area contributed by atoms with Gasteiger partial charge in [-0.15, -0.1) is 56.8 Å². The van der Waals surface area contributed by atoms with E-state index in [1.54, 1.807) is 22.7 Å². The van der Waals surface area contributed by atoms with E-state index in [2.05, 4.69) is 67.5 Å². The van der Waals surface area contributed by atoms with Gasteiger partial charge in [0.2, 0.25) is 0 Å². The lowest BCUT2D eigenvalue weighted by Gasteiger charge is -2.11. The number of aliphatic imine (C=N–C) groups is 1. The molecule has 0 amide bonds. The zero-order chi connectivity index (χ0) is 19.2. The highest BCUT2D eigenvalue weighted by atomic mass is 127. The third kappa shape index (κ3) is 6.24. The molecule has 3 aromatic rings. The quantitative estimate of drug-likeness (QED) is 0.275. The van der Waals surface area contributed by atoms with Crippen LogP contribution in [0.4, 0.5) is 0 Å². The predicted octanol–water partition coefficient (Wildman–Crippen LogP) is 3.82. The Balaban J connectivity index is 0.00000280. The number of hydrogen-bond donors (Lipinski definition) is 2. The third-order valence-corrected chi connectivity index (χ3v) is 5.88. The zero-order valence-electron chi connectivity index (χ0n) is 16.5. The molecule has 0 spiro atoms. The number of aryl methyl sites for hydroxylation is 1. The summed E-state index contributed by atoms with van der Waals surface area (Å²) < 4.78 is 1.95. The second-order valence-corrected chi connectivity index (χ2v) is 8.47. The van der Waals surface area contributed by atoms with Crippen LogP contribution in [0.3, 0.4) is 0 Å². The zero-order valence-corrected chi connectivity index (χ0v) is 20.4. The van der Waals surface area contributed by atoms with Gasteiger partial charge >= 0.3 is 0 Å². The molecule has 2 N–H and O–H groups in total. The fourth-order valence-electron chi connectivity index (χ4n) is 2.33. The molecule has 28 heavy (non-hydrogen) atoms. The van der Waals surface area contributed by atoms with Gasteiger partial charge in [-0.1, -0.05) is 19.9 Å². The number of aromatic nitrogens is 4. The van der Waals surface area contributed by atoms with Gasteiger partial charge in [0.25, 0.3) is 0 Å². The number of guanidine groups is 1. The van der Waals surface area contributed by atoms with Crippen molar-refractivity contribution in [2.75, 3.05) is 0 Å². The maximum atomic E-state index is 4.68. The van der Waals surface area contributed by atoms with Crippen LogP contribution >= 0.6 is 46.7 Å². The van der Waals surface area contributed by atoms with Crippen LogP contribution in [0, 0.1) is 6.92 Å². The molecule has 3 aromatic heterocycles. The summed E-state index contributed by atoms with van der Waals surface area (Å²) in [6.45, 7) is 8.09. The number of rotatable bonds is 7. The van der Waals surface area contributed by atoms with Crippen molar-refractivity contribution in [3.63, 3.8) is 0 Å². The molecule has 0 saturated heterocycles. The fraction of sp³-hybridized carbons (Fsp3) is 0.444. The van der Waals surface area contributed by atoms with Crippen LogP contribution in [0.1, 0.15) is 47.0 Å². The van der Waals surface area contributed by atoms with Crippen molar-refractivity contribution in [1.82, 2.24) is 30.4 Å². The maximum Gasteiger partial charge on any atom is 0.192 e. The summed E-state index contributed by atoms with van der Waals surface area (Å²) in [5.41, 5.74) is 1.14. The third-order valence-electron chi connectivity index (χ3n) is 4.14. The molecule has 0 aromatic carbocycles. The van der Waals surface area contributed by atoms with Crippen molar-refractivity contribution >= 4 is 52.6 Å². The molecule has 0 aliphatic heterocycles. The fourth-order valence-corrected chi connectivity index (χ4v) is 3.87. The molecular formula is C18H26IN7S2. The molecule has 0 atom stereocenters. The monoisotopic (exact) mass is 531 g/mol. The smallest absolute Gasteiger partial charge is 0.192 e. The lowest BCUT2D eigenvalue weighted by molar-refractivity contribution is 0.749. The van der Waals surface area contributed by atoms with Crippen LogP contribution in [-0.4, -0.2) is 25.7 Å². The van der Waals surface area contributed by atoms with Gasteiger partial charge in [0.05, 0.1) is 18.8 Å². The van der Waals surface area contributed by atoms with Crippen LogP contribution in [0.5, 0.6) is 0 Å². The first kappa shape index (κ1) is 22.8. The molecule has 0 fully saturated rings. The molecule has 0 aliphatic rings. The van der Waals surface area contributed by atoms with E-state index in [4.69, 9.17) is 0 Å². The Kier molecular flexibility index (Phi) is 8.83. The van der Waals surface area contributed by atoms with E-state index in [1.807, 2.05) is 18.5 Å². The number of thiazole rings is 1. The standard InChI is InChI=1S/C18H25N7S2.HI/c1-12(2)15-11-27-17(22-15)10-21-18(19-8-14-6-5-7-26-14)20-9-16-24-23-13(3)25(16)4;/h5-7,11-12H,8-10H2,1-4H3,(H2,19,20,21);1H. The molecule has 3 heterocycles. The molecule has 3 rings (SSSR count). The Bertz CT molecular complexity index is 884. The van der Waals surface area contributed by atoms with E-state index < -0.39 is 0 Å². The SMILES string of the molecule is Cc1nnc(CN=C(NCc2cccs2)NCc2nc(C(C)C)cs2)n1C.I. The predicted molar refractivity (Wildman–Crippen MR) is 126 cm³/mol. The first-order chi connectivity index (χ1) is 13.0. The summed E-state index contributed by atoms with van der Waals surface area (Å²) in [6, 6.07) is 4.16. The van der Waals surface area contributed by atoms with Gasteiger partial charge in [-0.05, 0) is 24.3 Å². The Labute approximate surface area is 190 Å². The van der Waals surface area contributed by atoms with Crippen molar-refractivity contribution in [3.8, 4) is 0 Å². The van der Waals surface area contributed by atoms with Gasteiger partial charge in [-0.25, -0.2) is 9.98 Å². The second-order valence-electron chi connectivity index (χ2n) is 6.49. The van der Waals surface area contributed by atoms with E-state index in [0.717, 1.165) is 34.9 Å². The van der Waals surface area contributed by atoms with Crippen molar-refractivity contribution in [2.45, 2.75) is 46.3 Å². The lowest BCUT2D eigenvalue weighted by Crippen LogP contribution is -2.36. The summed E-state index contributed by atoms with van der Waals surface area (Å²) >= 11 is 3.40. The normalized spacial score (nSPS) is 11.5. The Morgan fingerprint density at radius 3 is 2.61 bits per heavy atom. The molecule has 0 aliphatic carbocycles. The maximum absolute atomic E-state index is 4.68. The van der Waals surface area contributed by atoms with E-state index in [0.29, 0.717) is 19.0 Å². The van der Waals surface area contributed by atoms with Crippen molar-refractivity contribution < 1.29 is 0 Å². The minimum Gasteiger partial charge on any atom is -0.351 e. The van der Waals surface area contributed by atoms with Gasteiger partial charge in [-0.3, -0.25) is 0 Å². The van der Waals surface area contributed by atoms with Crippen LogP contribution in [0.15, 0.2) is 27.9 Å². The molecule has 0 bridgehead atoms. The van der Waals surface area contributed by atoms with Crippen LogP contribution in [0.2, 0.25) is 0 Å². The number of halogens is 1. The van der Waals surface area contributed by atoms with E-state index in [1.165, 1.54) is 4.88 Å². The van der Waals surface area contributed by atoms with Crippen molar-refractivity contribution in [3.05, 3.63) is 50.1 Å². The summed E-state index contributed by atoms with van der Waals surface area (Å²) in [7, 11) is 1.95. The molecule has 152 valence electrons. The van der Waals surface area contributed by atoms with Gasteiger partial charge in [0.1, 0.15) is 17.4 Å². The van der Waals surface area contributed by atoms with Crippen LogP contribution < -0.4 is 10.6 Å². The van der Waals surface area contributed by atoms with E-state index >= 15 is 0 Å². The minimum atomic E-state index is 0. The van der Waals surface area contributed by atoms with Gasteiger partial charge < -0.3 is 15.2 Å². The highest BCUT2D eigenvalue weighted by Crippen LogP contribution is 2.17. The summed E-state index contributed by atoms with van der Waals surface area (Å²) in [6.07, 6.45) is 0. The minimum absolute atomic E-state index is 0. The highest BCUT2D eigenvalue weighted by Gasteiger charge is 2.08. The van der Waals surface area contributed by atoms with E-state index in [9.17, 15) is 0 Å². The Morgan fingerprint density at radius 1 is 1.21 bits per heavy atom. The topological polar surface area (TPSA) is 80.0 Å². The Hall–Kier alpha value is -1.53. The number of nitrogens with zero attached hydrogens (tertiary/aromatic N) is 5. The van der Waals surface area contributed by atoms with Gasteiger partial charge in [0, 0.05) is 17.3 Å². The van der Waals surface area contributed by atoms with Crippen LogP contribution in [-0.2, 0) is 26.7 Å². The second kappa shape index (κ2) is 10.9. The number of hydrogen-bond acceptors (Lipinski definition) is 6. The number of nitrogens with one attached hydrogen (secondary N) is 2. The van der Waals surface area contributed by atoms with E-state index in [-0.39, 0.29) is 24.0 Å². The molecule has 7 nitrogen and oxygen atoms in total. The molecule has 0 unspecified atom stereocenters. The summed E-state index contributed by atoms with van der Waals surface area (Å²) in [5, 5.41) is 20.3. The molecule has 0 saturated carbocycles. The van der Waals surface area contributed by atoms with Gasteiger partial charge in [-0.2, -0.15) is 0 Å². The first-order valence-corrected chi connectivity index (χ1v) is 10.6. The lowest BCUT2D eigenvalue weighted by atomic mass is 10.2. The van der Waals surface area contributed by atoms with Gasteiger partial charge in [0.15, 0.2) is 11.8 Å².